The van der Waals surface area contributed by atoms with Crippen molar-refractivity contribution in [2.24, 2.45) is 5.92 Å². The number of nitro benzene ring substituents is 1. The second-order valence-corrected chi connectivity index (χ2v) is 5.86. The Morgan fingerprint density at radius 1 is 1.48 bits per heavy atom. The average molecular weight is 344 g/mol. The molecule has 3 rings (SSSR count). The summed E-state index contributed by atoms with van der Waals surface area (Å²) < 4.78 is 1.55. The van der Waals surface area contributed by atoms with Crippen molar-refractivity contribution in [1.29, 1.82) is 0 Å². The van der Waals surface area contributed by atoms with E-state index in [1.54, 1.807) is 24.6 Å². The van der Waals surface area contributed by atoms with Gasteiger partial charge in [0.2, 0.25) is 17.8 Å². The summed E-state index contributed by atoms with van der Waals surface area (Å²) in [6, 6.07) is 4.23. The topological polar surface area (TPSA) is 132 Å². The van der Waals surface area contributed by atoms with Gasteiger partial charge in [-0.1, -0.05) is 6.07 Å². The largest absolute Gasteiger partial charge is 0.326 e. The fourth-order valence-corrected chi connectivity index (χ4v) is 2.62. The van der Waals surface area contributed by atoms with Gasteiger partial charge in [0.25, 0.3) is 5.69 Å². The fraction of sp³-hybridized carbons (Fsp3) is 0.333. The predicted octanol–water partition coefficient (Wildman–Crippen LogP) is 1.40. The molecule has 25 heavy (non-hydrogen) atoms. The standard InChI is InChI=1S/C15H16N6O4/c1-8-3-4-11(21(24)25)6-12(8)17-13(22)5-10-7-20-15(18-14(10)23)16-9(2)19-20/h3-4,6,10H,5,7H2,1-2H3,(H,17,22)(H,16,18,19,23)/t10-/m0/s1. The molecule has 0 bridgehead atoms. The lowest BCUT2D eigenvalue weighted by Crippen LogP contribution is -2.36. The summed E-state index contributed by atoms with van der Waals surface area (Å²) in [5.74, 6) is -0.385. The molecule has 0 saturated carbocycles. The Bertz CT molecular complexity index is 875. The molecule has 0 saturated heterocycles. The van der Waals surface area contributed by atoms with E-state index in [0.717, 1.165) is 0 Å². The number of aryl methyl sites for hydroxylation is 2. The van der Waals surface area contributed by atoms with Crippen LogP contribution in [-0.2, 0) is 16.1 Å². The second kappa shape index (κ2) is 6.30. The number of amides is 2. The molecule has 10 nitrogen and oxygen atoms in total. The molecule has 0 fully saturated rings. The SMILES string of the molecule is Cc1nc2n(n1)C[C@H](CC(=O)Nc1cc([N+](=O)[O-])ccc1C)C(=O)N2. The van der Waals surface area contributed by atoms with Gasteiger partial charge < -0.3 is 5.32 Å². The summed E-state index contributed by atoms with van der Waals surface area (Å²) in [6.07, 6.45) is -0.0632. The molecule has 1 aliphatic rings. The second-order valence-electron chi connectivity index (χ2n) is 5.86. The summed E-state index contributed by atoms with van der Waals surface area (Å²) in [5, 5.41) is 20.3. The van der Waals surface area contributed by atoms with Gasteiger partial charge in [0.15, 0.2) is 0 Å². The van der Waals surface area contributed by atoms with E-state index in [2.05, 4.69) is 20.7 Å². The highest BCUT2D eigenvalue weighted by Gasteiger charge is 2.30. The van der Waals surface area contributed by atoms with Crippen molar-refractivity contribution in [3.8, 4) is 0 Å². The number of carbonyl (C=O) groups excluding carboxylic acids is 2. The van der Waals surface area contributed by atoms with Crippen LogP contribution in [0.25, 0.3) is 0 Å². The van der Waals surface area contributed by atoms with E-state index in [-0.39, 0.29) is 24.6 Å². The molecule has 2 aromatic rings. The molecular formula is C15H16N6O4. The molecule has 2 N–H and O–H groups in total. The van der Waals surface area contributed by atoms with E-state index < -0.39 is 16.7 Å². The lowest BCUT2D eigenvalue weighted by Gasteiger charge is -2.21. The van der Waals surface area contributed by atoms with E-state index in [4.69, 9.17) is 0 Å². The number of anilines is 2. The van der Waals surface area contributed by atoms with E-state index >= 15 is 0 Å². The van der Waals surface area contributed by atoms with Crippen LogP contribution >= 0.6 is 0 Å². The third-order valence-corrected chi connectivity index (χ3v) is 3.91. The molecule has 0 unspecified atom stereocenters. The summed E-state index contributed by atoms with van der Waals surface area (Å²) in [6.45, 7) is 3.70. The van der Waals surface area contributed by atoms with Crippen LogP contribution in [0.3, 0.4) is 0 Å². The number of nitrogens with zero attached hydrogens (tertiary/aromatic N) is 4. The zero-order chi connectivity index (χ0) is 18.1. The fourth-order valence-electron chi connectivity index (χ4n) is 2.62. The number of hydrogen-bond donors (Lipinski definition) is 2. The average Bonchev–Trinajstić information content (AvgIpc) is 2.88. The molecular weight excluding hydrogens is 328 g/mol. The third kappa shape index (κ3) is 3.47. The normalized spacial score (nSPS) is 16.1. The van der Waals surface area contributed by atoms with Crippen LogP contribution in [0.4, 0.5) is 17.3 Å². The number of non-ortho nitro benzene ring substituents is 1. The highest BCUT2D eigenvalue weighted by molar-refractivity contribution is 5.98. The zero-order valence-electron chi connectivity index (χ0n) is 13.6. The van der Waals surface area contributed by atoms with Gasteiger partial charge in [-0.15, -0.1) is 0 Å². The number of carbonyl (C=O) groups is 2. The maximum Gasteiger partial charge on any atom is 0.271 e. The Labute approximate surface area is 142 Å². The summed E-state index contributed by atoms with van der Waals surface area (Å²) >= 11 is 0. The molecule has 2 amide bonds. The number of nitro groups is 1. The van der Waals surface area contributed by atoms with E-state index in [0.29, 0.717) is 23.0 Å². The van der Waals surface area contributed by atoms with Crippen molar-refractivity contribution in [2.45, 2.75) is 26.8 Å². The van der Waals surface area contributed by atoms with Crippen LogP contribution < -0.4 is 10.6 Å². The number of benzene rings is 1. The molecule has 1 atom stereocenters. The van der Waals surface area contributed by atoms with Gasteiger partial charge in [-0.3, -0.25) is 25.0 Å². The van der Waals surface area contributed by atoms with Crippen LogP contribution in [0.15, 0.2) is 18.2 Å². The lowest BCUT2D eigenvalue weighted by atomic mass is 10.0. The first-order chi connectivity index (χ1) is 11.8. The Balaban J connectivity index is 1.70. The highest BCUT2D eigenvalue weighted by atomic mass is 16.6. The minimum absolute atomic E-state index is 0.0632. The molecule has 2 heterocycles. The van der Waals surface area contributed by atoms with E-state index in [9.17, 15) is 19.7 Å². The Morgan fingerprint density at radius 2 is 2.24 bits per heavy atom. The van der Waals surface area contributed by atoms with Crippen molar-refractivity contribution >= 4 is 29.1 Å². The Morgan fingerprint density at radius 3 is 2.96 bits per heavy atom. The molecule has 0 radical (unpaired) electrons. The Hall–Kier alpha value is -3.30. The van der Waals surface area contributed by atoms with Crippen LogP contribution in [0.2, 0.25) is 0 Å². The maximum atomic E-state index is 12.3. The van der Waals surface area contributed by atoms with Crippen LogP contribution in [0.1, 0.15) is 17.8 Å². The van der Waals surface area contributed by atoms with Crippen molar-refractivity contribution in [3.05, 3.63) is 39.7 Å². The van der Waals surface area contributed by atoms with Gasteiger partial charge in [-0.05, 0) is 19.4 Å². The first kappa shape index (κ1) is 16.6. The van der Waals surface area contributed by atoms with Gasteiger partial charge in [-0.25, -0.2) is 4.68 Å². The van der Waals surface area contributed by atoms with Crippen LogP contribution in [-0.4, -0.2) is 31.5 Å². The molecule has 130 valence electrons. The molecule has 1 aromatic heterocycles. The number of nitrogens with one attached hydrogen (secondary N) is 2. The zero-order valence-corrected chi connectivity index (χ0v) is 13.6. The van der Waals surface area contributed by atoms with Crippen molar-refractivity contribution < 1.29 is 14.5 Å². The first-order valence-corrected chi connectivity index (χ1v) is 7.60. The van der Waals surface area contributed by atoms with Gasteiger partial charge in [-0.2, -0.15) is 10.1 Å². The quantitative estimate of drug-likeness (QED) is 0.636. The number of rotatable bonds is 4. The van der Waals surface area contributed by atoms with Crippen molar-refractivity contribution in [3.63, 3.8) is 0 Å². The van der Waals surface area contributed by atoms with Crippen molar-refractivity contribution in [2.75, 3.05) is 10.6 Å². The maximum absolute atomic E-state index is 12.3. The number of hydrogen-bond acceptors (Lipinski definition) is 6. The van der Waals surface area contributed by atoms with E-state index in [1.165, 1.54) is 12.1 Å². The number of aromatic nitrogens is 3. The minimum Gasteiger partial charge on any atom is -0.326 e. The monoisotopic (exact) mass is 344 g/mol. The first-order valence-electron chi connectivity index (χ1n) is 7.60. The van der Waals surface area contributed by atoms with Crippen LogP contribution in [0.5, 0.6) is 0 Å². The molecule has 0 spiro atoms. The minimum atomic E-state index is -0.590. The summed E-state index contributed by atoms with van der Waals surface area (Å²) in [7, 11) is 0. The summed E-state index contributed by atoms with van der Waals surface area (Å²) in [4.78, 5) is 38.8. The molecule has 10 heteroatoms. The van der Waals surface area contributed by atoms with Gasteiger partial charge in [0.05, 0.1) is 23.1 Å². The van der Waals surface area contributed by atoms with Gasteiger partial charge in [0.1, 0.15) is 5.82 Å². The Kier molecular flexibility index (Phi) is 4.17. The smallest absolute Gasteiger partial charge is 0.271 e. The third-order valence-electron chi connectivity index (χ3n) is 3.91. The molecule has 0 aliphatic carbocycles. The van der Waals surface area contributed by atoms with Crippen LogP contribution in [0, 0.1) is 29.9 Å². The van der Waals surface area contributed by atoms with Gasteiger partial charge >= 0.3 is 0 Å². The summed E-state index contributed by atoms with van der Waals surface area (Å²) in [5.41, 5.74) is 0.938. The molecule has 1 aliphatic heterocycles. The van der Waals surface area contributed by atoms with Crippen molar-refractivity contribution in [1.82, 2.24) is 14.8 Å². The highest BCUT2D eigenvalue weighted by Crippen LogP contribution is 2.23. The molecule has 1 aromatic carbocycles. The van der Waals surface area contributed by atoms with Gasteiger partial charge in [0, 0.05) is 18.6 Å². The van der Waals surface area contributed by atoms with E-state index in [1.807, 2.05) is 0 Å². The predicted molar refractivity (Wildman–Crippen MR) is 88.0 cm³/mol. The number of fused-ring (bicyclic) bond motifs is 1. The lowest BCUT2D eigenvalue weighted by molar-refractivity contribution is -0.384.